The van der Waals surface area contributed by atoms with Gasteiger partial charge >= 0.3 is 5.97 Å². The van der Waals surface area contributed by atoms with E-state index in [1.165, 1.54) is 0 Å². The lowest BCUT2D eigenvalue weighted by Crippen LogP contribution is -2.37. The van der Waals surface area contributed by atoms with Crippen LogP contribution in [-0.4, -0.2) is 35.7 Å². The number of hydrogen-bond donors (Lipinski definition) is 2. The number of carbonyl (C=O) groups is 2. The van der Waals surface area contributed by atoms with Crippen LogP contribution in [0.15, 0.2) is 24.3 Å². The molecule has 21 heavy (non-hydrogen) atoms. The number of amides is 1. The Labute approximate surface area is 123 Å². The monoisotopic (exact) mass is 289 g/mol. The van der Waals surface area contributed by atoms with Gasteiger partial charge in [-0.1, -0.05) is 12.1 Å². The van der Waals surface area contributed by atoms with Crippen LogP contribution < -0.4 is 5.32 Å². The average Bonchev–Trinajstić information content (AvgIpc) is 3.10. The van der Waals surface area contributed by atoms with Crippen LogP contribution in [0.5, 0.6) is 0 Å². The van der Waals surface area contributed by atoms with Crippen LogP contribution >= 0.6 is 0 Å². The number of rotatable bonds is 5. The Morgan fingerprint density at radius 1 is 1.24 bits per heavy atom. The van der Waals surface area contributed by atoms with Crippen LogP contribution in [0.4, 0.5) is 0 Å². The summed E-state index contributed by atoms with van der Waals surface area (Å²) in [7, 11) is 0. The van der Waals surface area contributed by atoms with Crippen molar-refractivity contribution in [1.29, 1.82) is 0 Å². The number of fused-ring (bicyclic) bond motifs is 2. The van der Waals surface area contributed by atoms with E-state index in [1.54, 1.807) is 24.3 Å². The molecule has 0 spiro atoms. The van der Waals surface area contributed by atoms with Gasteiger partial charge < -0.3 is 15.2 Å². The van der Waals surface area contributed by atoms with Crippen molar-refractivity contribution in [1.82, 2.24) is 5.32 Å². The van der Waals surface area contributed by atoms with Crippen LogP contribution in [0.2, 0.25) is 0 Å². The Bertz CT molecular complexity index is 540. The van der Waals surface area contributed by atoms with Crippen LogP contribution in [-0.2, 0) is 16.0 Å². The fourth-order valence-corrected chi connectivity index (χ4v) is 3.19. The molecule has 112 valence electrons. The molecule has 0 aliphatic carbocycles. The van der Waals surface area contributed by atoms with Crippen LogP contribution in [0.1, 0.15) is 35.2 Å². The van der Waals surface area contributed by atoms with Gasteiger partial charge in [-0.15, -0.1) is 0 Å². The quantitative estimate of drug-likeness (QED) is 0.863. The van der Waals surface area contributed by atoms with Gasteiger partial charge in [0.2, 0.25) is 5.91 Å². The topological polar surface area (TPSA) is 75.6 Å². The minimum Gasteiger partial charge on any atom is -0.478 e. The molecule has 2 fully saturated rings. The molecule has 2 heterocycles. The van der Waals surface area contributed by atoms with Gasteiger partial charge in [-0.25, -0.2) is 4.79 Å². The number of benzene rings is 1. The van der Waals surface area contributed by atoms with Crippen molar-refractivity contribution in [3.63, 3.8) is 0 Å². The largest absolute Gasteiger partial charge is 0.478 e. The second kappa shape index (κ2) is 5.85. The SMILES string of the molecule is O=C(O)c1ccc(CCNC(=O)C2CC3CCC2O3)cc1. The molecule has 0 radical (unpaired) electrons. The zero-order chi connectivity index (χ0) is 14.8. The van der Waals surface area contributed by atoms with Gasteiger partial charge in [-0.2, -0.15) is 0 Å². The summed E-state index contributed by atoms with van der Waals surface area (Å²) in [6.07, 6.45) is 4.04. The summed E-state index contributed by atoms with van der Waals surface area (Å²) in [5.74, 6) is -0.825. The van der Waals surface area contributed by atoms with Gasteiger partial charge in [-0.3, -0.25) is 4.79 Å². The predicted octanol–water partition coefficient (Wildman–Crippen LogP) is 1.61. The molecule has 5 nitrogen and oxygen atoms in total. The number of carboxylic acids is 1. The predicted molar refractivity (Wildman–Crippen MR) is 76.1 cm³/mol. The molecular weight excluding hydrogens is 270 g/mol. The Hall–Kier alpha value is -1.88. The minimum atomic E-state index is -0.925. The average molecular weight is 289 g/mol. The second-order valence-electron chi connectivity index (χ2n) is 5.76. The van der Waals surface area contributed by atoms with Crippen molar-refractivity contribution in [3.05, 3.63) is 35.4 Å². The highest BCUT2D eigenvalue weighted by molar-refractivity contribution is 5.87. The van der Waals surface area contributed by atoms with Crippen molar-refractivity contribution in [2.24, 2.45) is 5.92 Å². The van der Waals surface area contributed by atoms with Crippen molar-refractivity contribution in [3.8, 4) is 0 Å². The number of nitrogens with one attached hydrogen (secondary N) is 1. The van der Waals surface area contributed by atoms with Gasteiger partial charge in [0.05, 0.1) is 23.7 Å². The Balaban J connectivity index is 1.45. The van der Waals surface area contributed by atoms with Crippen molar-refractivity contribution in [2.75, 3.05) is 6.54 Å². The van der Waals surface area contributed by atoms with Crippen LogP contribution in [0, 0.1) is 5.92 Å². The van der Waals surface area contributed by atoms with E-state index in [0.29, 0.717) is 13.0 Å². The summed E-state index contributed by atoms with van der Waals surface area (Å²) in [5, 5.41) is 11.8. The molecule has 1 aromatic carbocycles. The van der Waals surface area contributed by atoms with E-state index in [1.807, 2.05) is 0 Å². The molecule has 0 saturated carbocycles. The minimum absolute atomic E-state index is 0.0122. The second-order valence-corrected chi connectivity index (χ2v) is 5.76. The summed E-state index contributed by atoms with van der Waals surface area (Å²) in [4.78, 5) is 22.9. The van der Waals surface area contributed by atoms with E-state index in [2.05, 4.69) is 5.32 Å². The van der Waals surface area contributed by atoms with E-state index in [4.69, 9.17) is 9.84 Å². The normalized spacial score (nSPS) is 26.8. The zero-order valence-electron chi connectivity index (χ0n) is 11.7. The van der Waals surface area contributed by atoms with Gasteiger partial charge in [0.1, 0.15) is 0 Å². The lowest BCUT2D eigenvalue weighted by atomic mass is 9.88. The molecule has 2 N–H and O–H groups in total. The first-order valence-corrected chi connectivity index (χ1v) is 7.39. The number of ether oxygens (including phenoxy) is 1. The van der Waals surface area contributed by atoms with Crippen molar-refractivity contribution >= 4 is 11.9 Å². The molecule has 2 bridgehead atoms. The number of carboxylic acid groups (broad SMARTS) is 1. The fraction of sp³-hybridized carbons (Fsp3) is 0.500. The van der Waals surface area contributed by atoms with Gasteiger partial charge in [0.15, 0.2) is 0 Å². The molecular formula is C16H19NO4. The standard InChI is InChI=1S/C16H19NO4/c18-15(13-9-12-5-6-14(13)21-12)17-8-7-10-1-3-11(4-2-10)16(19)20/h1-4,12-14H,5-9H2,(H,17,18)(H,19,20). The molecule has 5 heteroatoms. The first-order valence-electron chi connectivity index (χ1n) is 7.39. The third-order valence-electron chi connectivity index (χ3n) is 4.36. The molecule has 2 saturated heterocycles. The maximum absolute atomic E-state index is 12.1. The molecule has 1 amide bonds. The van der Waals surface area contributed by atoms with E-state index in [-0.39, 0.29) is 29.6 Å². The van der Waals surface area contributed by atoms with Crippen molar-refractivity contribution in [2.45, 2.75) is 37.9 Å². The maximum Gasteiger partial charge on any atom is 0.335 e. The molecule has 2 aliphatic heterocycles. The van der Waals surface area contributed by atoms with Crippen LogP contribution in [0.3, 0.4) is 0 Å². The fourth-order valence-electron chi connectivity index (χ4n) is 3.19. The molecule has 0 aromatic heterocycles. The highest BCUT2D eigenvalue weighted by Crippen LogP contribution is 2.38. The van der Waals surface area contributed by atoms with E-state index >= 15 is 0 Å². The Morgan fingerprint density at radius 2 is 2.00 bits per heavy atom. The van der Waals surface area contributed by atoms with Gasteiger partial charge in [0.25, 0.3) is 0 Å². The summed E-state index contributed by atoms with van der Waals surface area (Å²) in [5.41, 5.74) is 1.30. The molecule has 3 unspecified atom stereocenters. The molecule has 3 atom stereocenters. The van der Waals surface area contributed by atoms with Gasteiger partial charge in [0, 0.05) is 6.54 Å². The number of carbonyl (C=O) groups excluding carboxylic acids is 1. The molecule has 3 rings (SSSR count). The maximum atomic E-state index is 12.1. The molecule has 1 aromatic rings. The summed E-state index contributed by atoms with van der Waals surface area (Å²) in [6, 6.07) is 6.75. The highest BCUT2D eigenvalue weighted by atomic mass is 16.5. The Morgan fingerprint density at radius 3 is 2.57 bits per heavy atom. The van der Waals surface area contributed by atoms with E-state index < -0.39 is 5.97 Å². The summed E-state index contributed by atoms with van der Waals surface area (Å²) in [6.45, 7) is 0.569. The third kappa shape index (κ3) is 3.08. The number of hydrogen-bond acceptors (Lipinski definition) is 3. The van der Waals surface area contributed by atoms with Gasteiger partial charge in [-0.05, 0) is 43.4 Å². The van der Waals surface area contributed by atoms with E-state index in [0.717, 1.165) is 24.8 Å². The first-order chi connectivity index (χ1) is 10.1. The lowest BCUT2D eigenvalue weighted by Gasteiger charge is -2.17. The van der Waals surface area contributed by atoms with E-state index in [9.17, 15) is 9.59 Å². The number of aromatic carboxylic acids is 1. The first kappa shape index (κ1) is 14.1. The molecule has 2 aliphatic rings. The Kier molecular flexibility index (Phi) is 3.92. The summed E-state index contributed by atoms with van der Waals surface area (Å²) >= 11 is 0. The third-order valence-corrected chi connectivity index (χ3v) is 4.36. The summed E-state index contributed by atoms with van der Waals surface area (Å²) < 4.78 is 5.69. The zero-order valence-corrected chi connectivity index (χ0v) is 11.7. The smallest absolute Gasteiger partial charge is 0.335 e. The highest BCUT2D eigenvalue weighted by Gasteiger charge is 2.44. The van der Waals surface area contributed by atoms with Crippen molar-refractivity contribution < 1.29 is 19.4 Å². The van der Waals surface area contributed by atoms with Crippen LogP contribution in [0.25, 0.3) is 0 Å². The lowest BCUT2D eigenvalue weighted by molar-refractivity contribution is -0.126.